The topological polar surface area (TPSA) is 91.3 Å². The van der Waals surface area contributed by atoms with E-state index in [0.29, 0.717) is 18.2 Å². The summed E-state index contributed by atoms with van der Waals surface area (Å²) < 4.78 is 0. The van der Waals surface area contributed by atoms with E-state index in [9.17, 15) is 14.7 Å². The molecule has 21 heavy (non-hydrogen) atoms. The average molecular weight is 311 g/mol. The average Bonchev–Trinajstić information content (AvgIpc) is 2.86. The van der Waals surface area contributed by atoms with Gasteiger partial charge in [-0.2, -0.15) is 0 Å². The summed E-state index contributed by atoms with van der Waals surface area (Å²) in [5.41, 5.74) is 0.867. The van der Waals surface area contributed by atoms with Gasteiger partial charge in [0, 0.05) is 18.8 Å². The van der Waals surface area contributed by atoms with Crippen LogP contribution in [0.25, 0.3) is 0 Å². The number of hydrogen-bond donors (Lipinski definition) is 3. The Labute approximate surface area is 128 Å². The van der Waals surface area contributed by atoms with Gasteiger partial charge in [-0.1, -0.05) is 12.8 Å². The molecule has 1 aromatic rings. The van der Waals surface area contributed by atoms with Gasteiger partial charge in [-0.25, -0.2) is 4.98 Å². The molecule has 6 nitrogen and oxygen atoms in total. The van der Waals surface area contributed by atoms with Gasteiger partial charge in [0.05, 0.1) is 11.6 Å². The Morgan fingerprint density at radius 2 is 2.19 bits per heavy atom. The van der Waals surface area contributed by atoms with E-state index in [1.807, 2.05) is 5.38 Å². The van der Waals surface area contributed by atoms with Gasteiger partial charge >= 0.3 is 5.97 Å². The summed E-state index contributed by atoms with van der Waals surface area (Å²) in [4.78, 5) is 26.4. The Morgan fingerprint density at radius 3 is 2.90 bits per heavy atom. The van der Waals surface area contributed by atoms with Crippen LogP contribution in [0, 0.1) is 11.8 Å². The number of amides is 1. The zero-order chi connectivity index (χ0) is 15.2. The number of nitrogens with one attached hydrogen (secondary N) is 2. The minimum Gasteiger partial charge on any atom is -0.481 e. The second-order valence-corrected chi connectivity index (χ2v) is 6.30. The molecule has 0 bridgehead atoms. The molecule has 1 aromatic heterocycles. The van der Waals surface area contributed by atoms with Gasteiger partial charge in [0.25, 0.3) is 0 Å². The smallest absolute Gasteiger partial charge is 0.306 e. The van der Waals surface area contributed by atoms with E-state index in [-0.39, 0.29) is 17.7 Å². The largest absolute Gasteiger partial charge is 0.481 e. The molecule has 2 rings (SSSR count). The van der Waals surface area contributed by atoms with Gasteiger partial charge in [0.15, 0.2) is 5.13 Å². The maximum atomic E-state index is 11.2. The van der Waals surface area contributed by atoms with E-state index in [1.54, 1.807) is 0 Å². The number of carbonyl (C=O) groups is 2. The second kappa shape index (κ2) is 7.51. The van der Waals surface area contributed by atoms with Crippen molar-refractivity contribution < 1.29 is 14.7 Å². The Morgan fingerprint density at radius 1 is 1.43 bits per heavy atom. The molecule has 1 aliphatic carbocycles. The quantitative estimate of drug-likeness (QED) is 0.748. The van der Waals surface area contributed by atoms with E-state index < -0.39 is 5.97 Å². The highest BCUT2D eigenvalue weighted by Crippen LogP contribution is 2.29. The molecule has 3 N–H and O–H groups in total. The number of carboxylic acids is 1. The molecule has 0 aromatic carbocycles. The van der Waals surface area contributed by atoms with Crippen LogP contribution in [-0.4, -0.2) is 28.5 Å². The third-order valence-corrected chi connectivity index (χ3v) is 4.58. The highest BCUT2D eigenvalue weighted by Gasteiger charge is 2.30. The Kier molecular flexibility index (Phi) is 5.69. The summed E-state index contributed by atoms with van der Waals surface area (Å²) in [5, 5.41) is 17.7. The first-order valence-electron chi connectivity index (χ1n) is 7.21. The van der Waals surface area contributed by atoms with Gasteiger partial charge in [-0.3, -0.25) is 9.59 Å². The molecule has 1 fully saturated rings. The van der Waals surface area contributed by atoms with Crippen LogP contribution >= 0.6 is 11.3 Å². The number of aliphatic carboxylic acids is 1. The second-order valence-electron chi connectivity index (χ2n) is 5.45. The minimum atomic E-state index is -0.678. The highest BCUT2D eigenvalue weighted by atomic mass is 32.1. The first-order valence-corrected chi connectivity index (χ1v) is 8.09. The number of nitrogens with zero attached hydrogens (tertiary/aromatic N) is 1. The molecule has 1 saturated carbocycles. The molecule has 0 radical (unpaired) electrons. The predicted molar refractivity (Wildman–Crippen MR) is 81.2 cm³/mol. The molecule has 0 aliphatic heterocycles. The molecule has 2 atom stereocenters. The van der Waals surface area contributed by atoms with Gasteiger partial charge in [-0.05, 0) is 25.3 Å². The molecule has 7 heteroatoms. The summed E-state index contributed by atoms with van der Waals surface area (Å²) >= 11 is 1.39. The SMILES string of the molecule is CC(=O)Nc1nc(CNCC2CCCCC2C(=O)O)cs1. The van der Waals surface area contributed by atoms with Crippen molar-refractivity contribution in [1.29, 1.82) is 0 Å². The van der Waals surface area contributed by atoms with Crippen molar-refractivity contribution in [1.82, 2.24) is 10.3 Å². The number of carboxylic acid groups (broad SMARTS) is 1. The van der Waals surface area contributed by atoms with Crippen LogP contribution in [0.15, 0.2) is 5.38 Å². The van der Waals surface area contributed by atoms with Crippen LogP contribution in [0.3, 0.4) is 0 Å². The molecular weight excluding hydrogens is 290 g/mol. The van der Waals surface area contributed by atoms with Crippen LogP contribution in [-0.2, 0) is 16.1 Å². The zero-order valence-electron chi connectivity index (χ0n) is 12.1. The number of thiazole rings is 1. The van der Waals surface area contributed by atoms with Crippen molar-refractivity contribution in [2.75, 3.05) is 11.9 Å². The Hall–Kier alpha value is -1.47. The number of anilines is 1. The van der Waals surface area contributed by atoms with Crippen LogP contribution in [0.1, 0.15) is 38.3 Å². The fourth-order valence-electron chi connectivity index (χ4n) is 2.76. The number of hydrogen-bond acceptors (Lipinski definition) is 5. The van der Waals surface area contributed by atoms with Crippen molar-refractivity contribution in [2.24, 2.45) is 11.8 Å². The van der Waals surface area contributed by atoms with E-state index in [0.717, 1.165) is 31.4 Å². The van der Waals surface area contributed by atoms with E-state index in [1.165, 1.54) is 18.3 Å². The molecule has 116 valence electrons. The molecule has 1 amide bonds. The molecule has 0 spiro atoms. The summed E-state index contributed by atoms with van der Waals surface area (Å²) in [5.74, 6) is -0.834. The normalized spacial score (nSPS) is 22.0. The van der Waals surface area contributed by atoms with Crippen molar-refractivity contribution >= 4 is 28.3 Å². The maximum Gasteiger partial charge on any atom is 0.306 e. The van der Waals surface area contributed by atoms with Crippen LogP contribution in [0.5, 0.6) is 0 Å². The number of rotatable bonds is 6. The van der Waals surface area contributed by atoms with Crippen LogP contribution in [0.2, 0.25) is 0 Å². The van der Waals surface area contributed by atoms with Crippen molar-refractivity contribution in [2.45, 2.75) is 39.2 Å². The van der Waals surface area contributed by atoms with Gasteiger partial charge in [0.1, 0.15) is 0 Å². The number of carbonyl (C=O) groups excluding carboxylic acids is 1. The van der Waals surface area contributed by atoms with Crippen molar-refractivity contribution in [3.63, 3.8) is 0 Å². The predicted octanol–water partition coefficient (Wildman–Crippen LogP) is 2.08. The Balaban J connectivity index is 1.79. The fraction of sp³-hybridized carbons (Fsp3) is 0.643. The fourth-order valence-corrected chi connectivity index (χ4v) is 3.52. The number of aromatic nitrogens is 1. The zero-order valence-corrected chi connectivity index (χ0v) is 12.9. The first kappa shape index (κ1) is 15.9. The monoisotopic (exact) mass is 311 g/mol. The lowest BCUT2D eigenvalue weighted by molar-refractivity contribution is -0.144. The lowest BCUT2D eigenvalue weighted by atomic mass is 9.79. The molecule has 0 saturated heterocycles. The lowest BCUT2D eigenvalue weighted by Crippen LogP contribution is -2.34. The standard InChI is InChI=1S/C14H21N3O3S/c1-9(18)16-14-17-11(8-21-14)7-15-6-10-4-2-3-5-12(10)13(19)20/h8,10,12,15H,2-7H2,1H3,(H,19,20)(H,16,17,18). The van der Waals surface area contributed by atoms with Crippen molar-refractivity contribution in [3.05, 3.63) is 11.1 Å². The van der Waals surface area contributed by atoms with E-state index in [4.69, 9.17) is 0 Å². The van der Waals surface area contributed by atoms with Gasteiger partial charge in [-0.15, -0.1) is 11.3 Å². The van der Waals surface area contributed by atoms with Crippen LogP contribution in [0.4, 0.5) is 5.13 Å². The summed E-state index contributed by atoms with van der Waals surface area (Å²) in [6.45, 7) is 2.75. The lowest BCUT2D eigenvalue weighted by Gasteiger charge is -2.28. The third kappa shape index (κ3) is 4.78. The first-order chi connectivity index (χ1) is 10.1. The van der Waals surface area contributed by atoms with E-state index in [2.05, 4.69) is 15.6 Å². The third-order valence-electron chi connectivity index (χ3n) is 3.77. The maximum absolute atomic E-state index is 11.2. The van der Waals surface area contributed by atoms with Gasteiger partial charge in [0.2, 0.25) is 5.91 Å². The Bertz CT molecular complexity index is 503. The molecule has 1 aliphatic rings. The highest BCUT2D eigenvalue weighted by molar-refractivity contribution is 7.13. The molecule has 2 unspecified atom stereocenters. The minimum absolute atomic E-state index is 0.129. The molecular formula is C14H21N3O3S. The summed E-state index contributed by atoms with van der Waals surface area (Å²) in [6, 6.07) is 0. The summed E-state index contributed by atoms with van der Waals surface area (Å²) in [6.07, 6.45) is 3.88. The van der Waals surface area contributed by atoms with Crippen LogP contribution < -0.4 is 10.6 Å². The van der Waals surface area contributed by atoms with E-state index >= 15 is 0 Å². The van der Waals surface area contributed by atoms with Gasteiger partial charge < -0.3 is 15.7 Å². The van der Waals surface area contributed by atoms with Crippen molar-refractivity contribution in [3.8, 4) is 0 Å². The summed E-state index contributed by atoms with van der Waals surface area (Å²) in [7, 11) is 0. The molecule has 1 heterocycles.